The third kappa shape index (κ3) is 4.80. The summed E-state index contributed by atoms with van der Waals surface area (Å²) in [5, 5.41) is 6.30. The summed E-state index contributed by atoms with van der Waals surface area (Å²) < 4.78 is 1.21. The molecule has 2 aromatic rings. The van der Waals surface area contributed by atoms with Gasteiger partial charge in [-0.2, -0.15) is 0 Å². The van der Waals surface area contributed by atoms with Crippen LogP contribution in [0.5, 0.6) is 0 Å². The predicted molar refractivity (Wildman–Crippen MR) is 90.7 cm³/mol. The van der Waals surface area contributed by atoms with E-state index < -0.39 is 0 Å². The molecular weight excluding hydrogens is 362 g/mol. The summed E-state index contributed by atoms with van der Waals surface area (Å²) in [6, 6.07) is 10.6. The van der Waals surface area contributed by atoms with Crippen LogP contribution in [-0.2, 0) is 6.42 Å². The van der Waals surface area contributed by atoms with Gasteiger partial charge in [0, 0.05) is 31.1 Å². The van der Waals surface area contributed by atoms with Gasteiger partial charge in [-0.3, -0.25) is 0 Å². The summed E-state index contributed by atoms with van der Waals surface area (Å²) >= 11 is 13.2. The van der Waals surface area contributed by atoms with Gasteiger partial charge < -0.3 is 5.32 Å². The molecule has 0 fully saturated rings. The Kier molecular flexibility index (Phi) is 6.23. The minimum absolute atomic E-state index is 0.457. The van der Waals surface area contributed by atoms with E-state index in [1.165, 1.54) is 14.2 Å². The van der Waals surface area contributed by atoms with Crippen molar-refractivity contribution in [2.24, 2.45) is 0 Å². The first kappa shape index (κ1) is 15.4. The maximum atomic E-state index is 6.00. The van der Waals surface area contributed by atoms with Crippen molar-refractivity contribution in [1.82, 2.24) is 5.32 Å². The first-order valence-corrected chi connectivity index (χ1v) is 9.00. The molecule has 0 aliphatic heterocycles. The number of likely N-dealkylation sites (N-methyl/N-ethyl adjacent to an activating group) is 1. The fourth-order valence-corrected chi connectivity index (χ4v) is 4.61. The summed E-state index contributed by atoms with van der Waals surface area (Å²) in [6.07, 6.45) is 1.04. The molecule has 1 N–H and O–H groups in total. The second-order valence-electron chi connectivity index (χ2n) is 4.15. The van der Waals surface area contributed by atoms with Crippen LogP contribution in [0.2, 0.25) is 5.02 Å². The normalized spacial score (nSPS) is 12.6. The van der Waals surface area contributed by atoms with Crippen molar-refractivity contribution in [3.05, 3.63) is 50.1 Å². The molecule has 5 heteroatoms. The fourth-order valence-electron chi connectivity index (χ4n) is 1.69. The second kappa shape index (κ2) is 7.70. The Hall–Kier alpha value is -0.000000000000000111. The van der Waals surface area contributed by atoms with Crippen LogP contribution in [0.15, 0.2) is 45.1 Å². The van der Waals surface area contributed by atoms with Crippen LogP contribution in [0.25, 0.3) is 0 Å². The largest absolute Gasteiger partial charge is 0.316 e. The van der Waals surface area contributed by atoms with Crippen LogP contribution >= 0.6 is 50.6 Å². The van der Waals surface area contributed by atoms with Gasteiger partial charge in [-0.15, -0.1) is 23.1 Å². The first-order valence-electron chi connectivity index (χ1n) is 5.96. The molecule has 0 spiro atoms. The van der Waals surface area contributed by atoms with E-state index in [1.807, 2.05) is 37.0 Å². The SMILES string of the molecule is CNC(CSc1cccc(Cl)c1)Cc1sccc1Br. The number of thiophene rings is 1. The summed E-state index contributed by atoms with van der Waals surface area (Å²) in [4.78, 5) is 2.61. The van der Waals surface area contributed by atoms with Crippen molar-refractivity contribution in [3.8, 4) is 0 Å². The highest BCUT2D eigenvalue weighted by atomic mass is 79.9. The molecule has 1 nitrogen and oxygen atoms in total. The molecular formula is C14H15BrClNS2. The number of hydrogen-bond acceptors (Lipinski definition) is 3. The third-order valence-corrected chi connectivity index (χ3v) is 6.12. The van der Waals surface area contributed by atoms with Gasteiger partial charge in [-0.1, -0.05) is 17.7 Å². The Labute approximate surface area is 135 Å². The highest BCUT2D eigenvalue weighted by Crippen LogP contribution is 2.26. The van der Waals surface area contributed by atoms with Crippen LogP contribution < -0.4 is 5.32 Å². The molecule has 0 amide bonds. The van der Waals surface area contributed by atoms with E-state index in [9.17, 15) is 0 Å². The third-order valence-electron chi connectivity index (χ3n) is 2.78. The average molecular weight is 377 g/mol. The lowest BCUT2D eigenvalue weighted by Gasteiger charge is -2.15. The van der Waals surface area contributed by atoms with Gasteiger partial charge in [-0.05, 0) is 59.0 Å². The minimum atomic E-state index is 0.457. The Morgan fingerprint density at radius 1 is 1.42 bits per heavy atom. The topological polar surface area (TPSA) is 12.0 Å². The Morgan fingerprint density at radius 2 is 2.26 bits per heavy atom. The lowest BCUT2D eigenvalue weighted by molar-refractivity contribution is 0.621. The summed E-state index contributed by atoms with van der Waals surface area (Å²) in [6.45, 7) is 0. The molecule has 0 bridgehead atoms. The molecule has 1 unspecified atom stereocenters. The monoisotopic (exact) mass is 375 g/mol. The van der Waals surface area contributed by atoms with Crippen molar-refractivity contribution in [3.63, 3.8) is 0 Å². The number of nitrogens with one attached hydrogen (secondary N) is 1. The Balaban J connectivity index is 1.91. The van der Waals surface area contributed by atoms with Crippen molar-refractivity contribution < 1.29 is 0 Å². The van der Waals surface area contributed by atoms with E-state index in [2.05, 4.69) is 38.8 Å². The van der Waals surface area contributed by atoms with Gasteiger partial charge in [-0.25, -0.2) is 0 Å². The number of hydrogen-bond donors (Lipinski definition) is 1. The quantitative estimate of drug-likeness (QED) is 0.705. The van der Waals surface area contributed by atoms with E-state index in [0.29, 0.717) is 6.04 Å². The maximum Gasteiger partial charge on any atom is 0.0417 e. The molecule has 102 valence electrons. The van der Waals surface area contributed by atoms with Crippen molar-refractivity contribution >= 4 is 50.6 Å². The van der Waals surface area contributed by atoms with E-state index in [-0.39, 0.29) is 0 Å². The molecule has 0 saturated carbocycles. The minimum Gasteiger partial charge on any atom is -0.316 e. The zero-order chi connectivity index (χ0) is 13.7. The van der Waals surface area contributed by atoms with Crippen LogP contribution in [0.4, 0.5) is 0 Å². The van der Waals surface area contributed by atoms with Gasteiger partial charge in [0.15, 0.2) is 0 Å². The number of rotatable bonds is 6. The molecule has 0 saturated heterocycles. The molecule has 2 rings (SSSR count). The highest BCUT2D eigenvalue weighted by Gasteiger charge is 2.11. The van der Waals surface area contributed by atoms with Crippen molar-refractivity contribution in [2.75, 3.05) is 12.8 Å². The summed E-state index contributed by atoms with van der Waals surface area (Å²) in [7, 11) is 2.02. The number of halogens is 2. The summed E-state index contributed by atoms with van der Waals surface area (Å²) in [5.41, 5.74) is 0. The highest BCUT2D eigenvalue weighted by molar-refractivity contribution is 9.10. The van der Waals surface area contributed by atoms with Crippen LogP contribution in [-0.4, -0.2) is 18.8 Å². The summed E-state index contributed by atoms with van der Waals surface area (Å²) in [5.74, 6) is 1.03. The standard InChI is InChI=1S/C14H15BrClNS2/c1-17-11(8-14-13(15)5-6-18-14)9-19-12-4-2-3-10(16)7-12/h2-7,11,17H,8-9H2,1H3. The van der Waals surface area contributed by atoms with E-state index >= 15 is 0 Å². The van der Waals surface area contributed by atoms with Crippen LogP contribution in [0, 0.1) is 0 Å². The zero-order valence-corrected chi connectivity index (χ0v) is 14.5. The predicted octanol–water partition coefficient (Wildman–Crippen LogP) is 5.09. The molecule has 1 aromatic carbocycles. The second-order valence-corrected chi connectivity index (χ2v) is 7.53. The average Bonchev–Trinajstić information content (AvgIpc) is 2.80. The number of thioether (sulfide) groups is 1. The molecule has 1 aromatic heterocycles. The molecule has 1 heterocycles. The van der Waals surface area contributed by atoms with E-state index in [4.69, 9.17) is 11.6 Å². The lowest BCUT2D eigenvalue weighted by Crippen LogP contribution is -2.29. The van der Waals surface area contributed by atoms with E-state index in [0.717, 1.165) is 17.2 Å². The van der Waals surface area contributed by atoms with Gasteiger partial charge >= 0.3 is 0 Å². The molecule has 0 radical (unpaired) electrons. The van der Waals surface area contributed by atoms with Crippen LogP contribution in [0.3, 0.4) is 0 Å². The van der Waals surface area contributed by atoms with Gasteiger partial charge in [0.2, 0.25) is 0 Å². The Bertz CT molecular complexity index is 530. The van der Waals surface area contributed by atoms with Gasteiger partial charge in [0.1, 0.15) is 0 Å². The van der Waals surface area contributed by atoms with Crippen molar-refractivity contribution in [2.45, 2.75) is 17.4 Å². The van der Waals surface area contributed by atoms with E-state index in [1.54, 1.807) is 11.3 Å². The Morgan fingerprint density at radius 3 is 2.89 bits per heavy atom. The number of benzene rings is 1. The van der Waals surface area contributed by atoms with Gasteiger partial charge in [0.25, 0.3) is 0 Å². The zero-order valence-electron chi connectivity index (χ0n) is 10.5. The first-order chi connectivity index (χ1) is 9.19. The molecule has 0 aliphatic carbocycles. The maximum absolute atomic E-state index is 6.00. The smallest absolute Gasteiger partial charge is 0.0417 e. The molecule has 19 heavy (non-hydrogen) atoms. The lowest BCUT2D eigenvalue weighted by atomic mass is 10.2. The molecule has 0 aliphatic rings. The van der Waals surface area contributed by atoms with Crippen molar-refractivity contribution in [1.29, 1.82) is 0 Å². The van der Waals surface area contributed by atoms with Crippen LogP contribution in [0.1, 0.15) is 4.88 Å². The molecule has 1 atom stereocenters. The fraction of sp³-hybridized carbons (Fsp3) is 0.286. The van der Waals surface area contributed by atoms with Gasteiger partial charge in [0.05, 0.1) is 0 Å².